The molecule has 0 radical (unpaired) electrons. The summed E-state index contributed by atoms with van der Waals surface area (Å²) in [6.07, 6.45) is 0.386. The zero-order valence-electron chi connectivity index (χ0n) is 18.1. The van der Waals surface area contributed by atoms with E-state index in [0.717, 1.165) is 35.7 Å². The minimum absolute atomic E-state index is 0.127. The van der Waals surface area contributed by atoms with Gasteiger partial charge in [-0.15, -0.1) is 10.2 Å². The molecule has 0 unspecified atom stereocenters. The van der Waals surface area contributed by atoms with E-state index in [9.17, 15) is 4.79 Å². The van der Waals surface area contributed by atoms with Crippen LogP contribution in [-0.4, -0.2) is 61.4 Å². The number of ether oxygens (including phenoxy) is 2. The number of rotatable bonds is 6. The Morgan fingerprint density at radius 2 is 1.62 bits per heavy atom. The largest absolute Gasteiger partial charge is 0.493 e. The maximum atomic E-state index is 12.6. The van der Waals surface area contributed by atoms with Crippen molar-refractivity contribution < 1.29 is 14.3 Å². The Labute approximate surface area is 192 Å². The van der Waals surface area contributed by atoms with Gasteiger partial charge in [-0.2, -0.15) is 0 Å². The fourth-order valence-electron chi connectivity index (χ4n) is 3.72. The fraction of sp³-hybridized carbons (Fsp3) is 0.292. The lowest BCUT2D eigenvalue weighted by Crippen LogP contribution is -2.49. The van der Waals surface area contributed by atoms with Crippen molar-refractivity contribution in [3.63, 3.8) is 0 Å². The molecule has 7 nitrogen and oxygen atoms in total. The van der Waals surface area contributed by atoms with Gasteiger partial charge in [-0.1, -0.05) is 23.7 Å². The summed E-state index contributed by atoms with van der Waals surface area (Å²) in [6.45, 7) is 2.75. The first-order valence-electron chi connectivity index (χ1n) is 10.4. The highest BCUT2D eigenvalue weighted by Gasteiger charge is 2.22. The molecular formula is C24H25ClN4O3. The number of benzene rings is 2. The summed E-state index contributed by atoms with van der Waals surface area (Å²) in [5, 5.41) is 9.48. The van der Waals surface area contributed by atoms with Crippen molar-refractivity contribution in [3.05, 3.63) is 65.2 Å². The summed E-state index contributed by atoms with van der Waals surface area (Å²) in [7, 11) is 3.22. The molecule has 2 heterocycles. The summed E-state index contributed by atoms with van der Waals surface area (Å²) >= 11 is 5.92. The Morgan fingerprint density at radius 3 is 2.25 bits per heavy atom. The summed E-state index contributed by atoms with van der Waals surface area (Å²) in [4.78, 5) is 16.7. The number of halogens is 1. The van der Waals surface area contributed by atoms with Crippen molar-refractivity contribution in [1.82, 2.24) is 15.1 Å². The summed E-state index contributed by atoms with van der Waals surface area (Å²) in [5.41, 5.74) is 2.63. The van der Waals surface area contributed by atoms with Crippen molar-refractivity contribution in [3.8, 4) is 22.8 Å². The number of carbonyl (C=O) groups excluding carboxylic acids is 1. The van der Waals surface area contributed by atoms with Gasteiger partial charge in [-0.25, -0.2) is 0 Å². The molecule has 1 aliphatic rings. The Hall–Kier alpha value is -3.32. The van der Waals surface area contributed by atoms with Crippen LogP contribution in [0.3, 0.4) is 0 Å². The summed E-state index contributed by atoms with van der Waals surface area (Å²) in [6, 6.07) is 17.0. The van der Waals surface area contributed by atoms with E-state index >= 15 is 0 Å². The zero-order chi connectivity index (χ0) is 22.5. The van der Waals surface area contributed by atoms with Gasteiger partial charge in [0.1, 0.15) is 0 Å². The molecule has 3 aromatic rings. The molecule has 1 aromatic heterocycles. The highest BCUT2D eigenvalue weighted by molar-refractivity contribution is 6.30. The lowest BCUT2D eigenvalue weighted by Gasteiger charge is -2.35. The Kier molecular flexibility index (Phi) is 6.75. The molecule has 166 valence electrons. The quantitative estimate of drug-likeness (QED) is 0.568. The minimum Gasteiger partial charge on any atom is -0.493 e. The van der Waals surface area contributed by atoms with Crippen LogP contribution in [0.25, 0.3) is 11.3 Å². The van der Waals surface area contributed by atoms with Gasteiger partial charge in [0.05, 0.1) is 26.3 Å². The van der Waals surface area contributed by atoms with Gasteiger partial charge >= 0.3 is 0 Å². The van der Waals surface area contributed by atoms with E-state index in [4.69, 9.17) is 21.1 Å². The third-order valence-electron chi connectivity index (χ3n) is 5.55. The van der Waals surface area contributed by atoms with Gasteiger partial charge < -0.3 is 19.3 Å². The van der Waals surface area contributed by atoms with Crippen molar-refractivity contribution in [1.29, 1.82) is 0 Å². The second kappa shape index (κ2) is 9.87. The molecule has 1 fully saturated rings. The van der Waals surface area contributed by atoms with E-state index in [0.29, 0.717) is 36.0 Å². The molecular weight excluding hydrogens is 428 g/mol. The van der Waals surface area contributed by atoms with Crippen molar-refractivity contribution in [2.75, 3.05) is 45.3 Å². The van der Waals surface area contributed by atoms with Crippen LogP contribution in [0.15, 0.2) is 54.6 Å². The first kappa shape index (κ1) is 21.9. The van der Waals surface area contributed by atoms with E-state index in [1.54, 1.807) is 14.2 Å². The van der Waals surface area contributed by atoms with Gasteiger partial charge in [-0.05, 0) is 48.0 Å². The summed E-state index contributed by atoms with van der Waals surface area (Å²) in [5.74, 6) is 2.25. The molecule has 4 rings (SSSR count). The summed E-state index contributed by atoms with van der Waals surface area (Å²) < 4.78 is 10.7. The smallest absolute Gasteiger partial charge is 0.227 e. The van der Waals surface area contributed by atoms with Gasteiger partial charge in [0.2, 0.25) is 5.91 Å². The molecule has 0 atom stereocenters. The monoisotopic (exact) mass is 452 g/mol. The highest BCUT2D eigenvalue weighted by atomic mass is 35.5. The van der Waals surface area contributed by atoms with Crippen LogP contribution in [0.1, 0.15) is 5.56 Å². The van der Waals surface area contributed by atoms with Gasteiger partial charge in [-0.3, -0.25) is 4.79 Å². The lowest BCUT2D eigenvalue weighted by molar-refractivity contribution is -0.130. The van der Waals surface area contributed by atoms with Gasteiger partial charge in [0.15, 0.2) is 17.3 Å². The van der Waals surface area contributed by atoms with Crippen molar-refractivity contribution >= 4 is 23.3 Å². The van der Waals surface area contributed by atoms with E-state index in [1.165, 1.54) is 0 Å². The molecule has 8 heteroatoms. The molecule has 2 aromatic carbocycles. The maximum Gasteiger partial charge on any atom is 0.227 e. The number of nitrogens with zero attached hydrogens (tertiary/aromatic N) is 4. The Balaban J connectivity index is 1.36. The molecule has 1 amide bonds. The normalized spacial score (nSPS) is 13.7. The predicted molar refractivity (Wildman–Crippen MR) is 125 cm³/mol. The first-order valence-corrected chi connectivity index (χ1v) is 10.8. The molecule has 1 saturated heterocycles. The second-order valence-corrected chi connectivity index (χ2v) is 7.95. The van der Waals surface area contributed by atoms with E-state index < -0.39 is 0 Å². The number of methoxy groups -OCH3 is 2. The van der Waals surface area contributed by atoms with Crippen LogP contribution in [0.2, 0.25) is 5.02 Å². The number of hydrogen-bond acceptors (Lipinski definition) is 6. The molecule has 1 aliphatic heterocycles. The fourth-order valence-corrected chi connectivity index (χ4v) is 3.84. The molecule has 32 heavy (non-hydrogen) atoms. The number of aromatic nitrogens is 2. The van der Waals surface area contributed by atoms with E-state index in [-0.39, 0.29) is 5.91 Å². The molecule has 0 aliphatic carbocycles. The first-order chi connectivity index (χ1) is 15.6. The molecule has 0 spiro atoms. The van der Waals surface area contributed by atoms with Gasteiger partial charge in [0, 0.05) is 36.8 Å². The Bertz CT molecular complexity index is 1070. The van der Waals surface area contributed by atoms with Crippen LogP contribution < -0.4 is 14.4 Å². The number of piperazine rings is 1. The van der Waals surface area contributed by atoms with Gasteiger partial charge in [0.25, 0.3) is 0 Å². The maximum absolute atomic E-state index is 12.6. The topological polar surface area (TPSA) is 67.8 Å². The average Bonchev–Trinajstić information content (AvgIpc) is 2.85. The molecule has 0 N–H and O–H groups in total. The molecule has 0 saturated carbocycles. The van der Waals surface area contributed by atoms with Crippen LogP contribution in [0.4, 0.5) is 5.82 Å². The highest BCUT2D eigenvalue weighted by Crippen LogP contribution is 2.31. The number of hydrogen-bond donors (Lipinski definition) is 0. The lowest BCUT2D eigenvalue weighted by atomic mass is 10.1. The predicted octanol–water partition coefficient (Wildman–Crippen LogP) is 3.71. The van der Waals surface area contributed by atoms with Crippen molar-refractivity contribution in [2.45, 2.75) is 6.42 Å². The third-order valence-corrected chi connectivity index (χ3v) is 5.81. The van der Waals surface area contributed by atoms with E-state index in [1.807, 2.05) is 59.5 Å². The average molecular weight is 453 g/mol. The minimum atomic E-state index is 0.127. The molecule has 0 bridgehead atoms. The number of carbonyl (C=O) groups is 1. The SMILES string of the molecule is COc1ccc(-c2ccc(N3CCN(C(=O)Cc4ccc(Cl)cc4)CC3)nn2)cc1OC. The second-order valence-electron chi connectivity index (χ2n) is 7.52. The standard InChI is InChI=1S/C24H25ClN4O3/c1-31-21-9-5-18(16-22(21)32-2)20-8-10-23(27-26-20)28-11-13-29(14-12-28)24(30)15-17-3-6-19(25)7-4-17/h3-10,16H,11-15H2,1-2H3. The number of anilines is 1. The third kappa shape index (κ3) is 4.94. The number of amides is 1. The zero-order valence-corrected chi connectivity index (χ0v) is 18.9. The van der Waals surface area contributed by atoms with Crippen LogP contribution in [0.5, 0.6) is 11.5 Å². The van der Waals surface area contributed by atoms with Crippen LogP contribution in [0, 0.1) is 0 Å². The van der Waals surface area contributed by atoms with Crippen molar-refractivity contribution in [2.24, 2.45) is 0 Å². The Morgan fingerprint density at radius 1 is 0.906 bits per heavy atom. The van der Waals surface area contributed by atoms with Crippen LogP contribution in [-0.2, 0) is 11.2 Å². The van der Waals surface area contributed by atoms with E-state index in [2.05, 4.69) is 15.1 Å². The van der Waals surface area contributed by atoms with Crippen LogP contribution >= 0.6 is 11.6 Å².